The number of nitrogens with zero attached hydrogens (tertiary/aromatic N) is 1. The highest BCUT2D eigenvalue weighted by molar-refractivity contribution is 5.95. The Kier molecular flexibility index (Phi) is 6.49. The van der Waals surface area contributed by atoms with E-state index in [0.717, 1.165) is 18.9 Å². The van der Waals surface area contributed by atoms with E-state index in [1.807, 2.05) is 6.92 Å². The van der Waals surface area contributed by atoms with Gasteiger partial charge in [0, 0.05) is 19.1 Å². The second kappa shape index (κ2) is 8.37. The molecule has 21 heavy (non-hydrogen) atoms. The number of carbonyl (C=O) groups is 2. The van der Waals surface area contributed by atoms with Crippen LogP contribution in [0.25, 0.3) is 0 Å². The molecule has 5 nitrogen and oxygen atoms in total. The third-order valence-corrected chi connectivity index (χ3v) is 4.42. The molecule has 0 atom stereocenters. The Hall–Kier alpha value is -1.10. The molecule has 0 spiro atoms. The highest BCUT2D eigenvalue weighted by atomic mass is 16.2. The molecular formula is C16H29N3O2. The molecule has 5 heteroatoms. The Bertz CT molecular complexity index is 349. The van der Waals surface area contributed by atoms with Gasteiger partial charge in [-0.05, 0) is 38.0 Å². The van der Waals surface area contributed by atoms with Crippen LogP contribution >= 0.6 is 0 Å². The van der Waals surface area contributed by atoms with E-state index in [0.29, 0.717) is 19.1 Å². The molecule has 2 fully saturated rings. The van der Waals surface area contributed by atoms with Crippen molar-refractivity contribution in [2.24, 2.45) is 5.92 Å². The first-order valence-corrected chi connectivity index (χ1v) is 8.50. The maximum atomic E-state index is 12.0. The molecule has 2 aliphatic rings. The standard InChI is InChI=1S/C16H29N3O2/c1-2-10-17-16(21)18-15(20)12-19(14-8-9-14)11-13-6-4-3-5-7-13/h13-14H,2-12H2,1H3,(H2,17,18,20,21). The third kappa shape index (κ3) is 6.04. The molecule has 2 N–H and O–H groups in total. The van der Waals surface area contributed by atoms with Crippen LogP contribution in [0.15, 0.2) is 0 Å². The third-order valence-electron chi connectivity index (χ3n) is 4.42. The Morgan fingerprint density at radius 3 is 2.43 bits per heavy atom. The van der Waals surface area contributed by atoms with E-state index < -0.39 is 0 Å². The summed E-state index contributed by atoms with van der Waals surface area (Å²) in [5.74, 6) is 0.562. The number of rotatable bonds is 7. The molecule has 120 valence electrons. The SMILES string of the molecule is CCCNC(=O)NC(=O)CN(CC1CCCCC1)C1CC1. The molecule has 0 radical (unpaired) electrons. The van der Waals surface area contributed by atoms with Crippen molar-refractivity contribution < 1.29 is 9.59 Å². The van der Waals surface area contributed by atoms with Gasteiger partial charge in [0.1, 0.15) is 0 Å². The molecule has 2 saturated carbocycles. The Morgan fingerprint density at radius 2 is 1.81 bits per heavy atom. The van der Waals surface area contributed by atoms with Gasteiger partial charge >= 0.3 is 6.03 Å². The van der Waals surface area contributed by atoms with Crippen molar-refractivity contribution in [3.63, 3.8) is 0 Å². The van der Waals surface area contributed by atoms with E-state index in [9.17, 15) is 9.59 Å². The summed E-state index contributed by atoms with van der Waals surface area (Å²) < 4.78 is 0. The second-order valence-electron chi connectivity index (χ2n) is 6.47. The highest BCUT2D eigenvalue weighted by Gasteiger charge is 2.32. The van der Waals surface area contributed by atoms with Crippen molar-refractivity contribution in [3.05, 3.63) is 0 Å². The lowest BCUT2D eigenvalue weighted by atomic mass is 9.89. The Balaban J connectivity index is 1.73. The zero-order valence-corrected chi connectivity index (χ0v) is 13.2. The molecule has 0 aromatic heterocycles. The summed E-state index contributed by atoms with van der Waals surface area (Å²) in [6.45, 7) is 3.98. The summed E-state index contributed by atoms with van der Waals surface area (Å²) in [6.07, 6.45) is 9.87. The molecule has 0 aromatic rings. The molecule has 0 aliphatic heterocycles. The Morgan fingerprint density at radius 1 is 1.10 bits per heavy atom. The van der Waals surface area contributed by atoms with Crippen LogP contribution in [0.1, 0.15) is 58.3 Å². The number of hydrogen-bond acceptors (Lipinski definition) is 3. The van der Waals surface area contributed by atoms with E-state index >= 15 is 0 Å². The smallest absolute Gasteiger partial charge is 0.321 e. The van der Waals surface area contributed by atoms with Crippen LogP contribution in [0.5, 0.6) is 0 Å². The van der Waals surface area contributed by atoms with Crippen LogP contribution in [0, 0.1) is 5.92 Å². The van der Waals surface area contributed by atoms with Gasteiger partial charge in [-0.1, -0.05) is 26.2 Å². The average molecular weight is 295 g/mol. The van der Waals surface area contributed by atoms with Crippen molar-refractivity contribution in [2.75, 3.05) is 19.6 Å². The molecule has 0 bridgehead atoms. The lowest BCUT2D eigenvalue weighted by Gasteiger charge is -2.29. The van der Waals surface area contributed by atoms with Crippen molar-refractivity contribution in [1.29, 1.82) is 0 Å². The maximum absolute atomic E-state index is 12.0. The summed E-state index contributed by atoms with van der Waals surface area (Å²) in [7, 11) is 0. The van der Waals surface area contributed by atoms with Crippen LogP contribution in [-0.2, 0) is 4.79 Å². The highest BCUT2D eigenvalue weighted by Crippen LogP contribution is 2.30. The fraction of sp³-hybridized carbons (Fsp3) is 0.875. The molecule has 2 aliphatic carbocycles. The van der Waals surface area contributed by atoms with Crippen molar-refractivity contribution >= 4 is 11.9 Å². The minimum absolute atomic E-state index is 0.175. The number of amides is 3. The van der Waals surface area contributed by atoms with E-state index in [-0.39, 0.29) is 11.9 Å². The summed E-state index contributed by atoms with van der Waals surface area (Å²) in [5.41, 5.74) is 0. The fourth-order valence-corrected chi connectivity index (χ4v) is 3.12. The van der Waals surface area contributed by atoms with Crippen molar-refractivity contribution in [3.8, 4) is 0 Å². The van der Waals surface area contributed by atoms with Gasteiger partial charge in [0.2, 0.25) is 5.91 Å². The van der Waals surface area contributed by atoms with Crippen molar-refractivity contribution in [2.45, 2.75) is 64.3 Å². The summed E-state index contributed by atoms with van der Waals surface area (Å²) >= 11 is 0. The lowest BCUT2D eigenvalue weighted by molar-refractivity contribution is -0.121. The topological polar surface area (TPSA) is 61.4 Å². The van der Waals surface area contributed by atoms with Gasteiger partial charge in [-0.15, -0.1) is 0 Å². The van der Waals surface area contributed by atoms with Crippen molar-refractivity contribution in [1.82, 2.24) is 15.5 Å². The van der Waals surface area contributed by atoms with Gasteiger partial charge < -0.3 is 5.32 Å². The first-order chi connectivity index (χ1) is 10.2. The number of hydrogen-bond donors (Lipinski definition) is 2. The van der Waals surface area contributed by atoms with Gasteiger partial charge in [0.05, 0.1) is 6.54 Å². The van der Waals surface area contributed by atoms with E-state index in [4.69, 9.17) is 0 Å². The quantitative estimate of drug-likeness (QED) is 0.757. The zero-order chi connectivity index (χ0) is 15.1. The summed E-state index contributed by atoms with van der Waals surface area (Å²) in [5, 5.41) is 5.11. The zero-order valence-electron chi connectivity index (χ0n) is 13.2. The minimum Gasteiger partial charge on any atom is -0.338 e. The van der Waals surface area contributed by atoms with Gasteiger partial charge in [-0.3, -0.25) is 15.0 Å². The van der Waals surface area contributed by atoms with Crippen LogP contribution in [0.2, 0.25) is 0 Å². The van der Waals surface area contributed by atoms with Crippen LogP contribution in [0.3, 0.4) is 0 Å². The molecule has 0 heterocycles. The Labute approximate surface area is 127 Å². The van der Waals surface area contributed by atoms with Gasteiger partial charge in [-0.25, -0.2) is 4.79 Å². The monoisotopic (exact) mass is 295 g/mol. The molecule has 2 rings (SSSR count). The van der Waals surface area contributed by atoms with Crippen LogP contribution in [-0.4, -0.2) is 42.5 Å². The molecule has 0 aromatic carbocycles. The van der Waals surface area contributed by atoms with Gasteiger partial charge in [-0.2, -0.15) is 0 Å². The second-order valence-corrected chi connectivity index (χ2v) is 6.47. The first-order valence-electron chi connectivity index (χ1n) is 8.50. The molecular weight excluding hydrogens is 266 g/mol. The van der Waals surface area contributed by atoms with E-state index in [2.05, 4.69) is 15.5 Å². The van der Waals surface area contributed by atoms with Crippen LogP contribution in [0.4, 0.5) is 4.79 Å². The first kappa shape index (κ1) is 16.3. The maximum Gasteiger partial charge on any atom is 0.321 e. The molecule has 0 unspecified atom stereocenters. The minimum atomic E-state index is -0.365. The normalized spacial score (nSPS) is 19.5. The number of urea groups is 1. The number of nitrogens with one attached hydrogen (secondary N) is 2. The predicted octanol–water partition coefficient (Wildman–Crippen LogP) is 2.27. The number of carbonyl (C=O) groups excluding carboxylic acids is 2. The van der Waals surface area contributed by atoms with Gasteiger partial charge in [0.25, 0.3) is 0 Å². The molecule has 0 saturated heterocycles. The van der Waals surface area contributed by atoms with Gasteiger partial charge in [0.15, 0.2) is 0 Å². The van der Waals surface area contributed by atoms with E-state index in [1.165, 1.54) is 44.9 Å². The van der Waals surface area contributed by atoms with E-state index in [1.54, 1.807) is 0 Å². The lowest BCUT2D eigenvalue weighted by Crippen LogP contribution is -2.46. The molecule has 3 amide bonds. The number of imide groups is 1. The predicted molar refractivity (Wildman–Crippen MR) is 83.0 cm³/mol. The van der Waals surface area contributed by atoms with Crippen LogP contribution < -0.4 is 10.6 Å². The average Bonchev–Trinajstić information content (AvgIpc) is 3.30. The largest absolute Gasteiger partial charge is 0.338 e. The summed E-state index contributed by atoms with van der Waals surface area (Å²) in [6, 6.07) is 0.201. The summed E-state index contributed by atoms with van der Waals surface area (Å²) in [4.78, 5) is 25.8. The fourth-order valence-electron chi connectivity index (χ4n) is 3.12.